The van der Waals surface area contributed by atoms with E-state index < -0.39 is 0 Å². The fourth-order valence-electron chi connectivity index (χ4n) is 2.62. The van der Waals surface area contributed by atoms with Gasteiger partial charge >= 0.3 is 0 Å². The summed E-state index contributed by atoms with van der Waals surface area (Å²) in [4.78, 5) is 1.38. The van der Waals surface area contributed by atoms with E-state index in [1.807, 2.05) is 18.4 Å². The quantitative estimate of drug-likeness (QED) is 0.851. The van der Waals surface area contributed by atoms with Crippen LogP contribution in [0, 0.1) is 6.92 Å². The Morgan fingerprint density at radius 2 is 2.11 bits per heavy atom. The maximum atomic E-state index is 3.56. The molecule has 1 aliphatic carbocycles. The Labute approximate surface area is 127 Å². The Morgan fingerprint density at radius 3 is 2.74 bits per heavy atom. The molecule has 1 aromatic heterocycles. The SMILES string of the molecule is CNCC1(c2csc(-c3ccc(Br)c(C)c3)c2)CC1. The van der Waals surface area contributed by atoms with Gasteiger partial charge in [0.1, 0.15) is 0 Å². The number of likely N-dealkylation sites (N-methyl/N-ethyl adjacent to an activating group) is 1. The molecule has 1 aromatic carbocycles. The van der Waals surface area contributed by atoms with Crippen molar-refractivity contribution in [3.05, 3.63) is 45.2 Å². The number of benzene rings is 1. The summed E-state index contributed by atoms with van der Waals surface area (Å²) in [5, 5.41) is 5.68. The van der Waals surface area contributed by atoms with Crippen LogP contribution in [-0.4, -0.2) is 13.6 Å². The molecule has 0 bridgehead atoms. The van der Waals surface area contributed by atoms with Gasteiger partial charge in [0, 0.05) is 21.3 Å². The van der Waals surface area contributed by atoms with Gasteiger partial charge in [0.25, 0.3) is 0 Å². The molecule has 0 unspecified atom stereocenters. The first-order chi connectivity index (χ1) is 9.14. The molecule has 0 spiro atoms. The summed E-state index contributed by atoms with van der Waals surface area (Å²) in [5.74, 6) is 0. The van der Waals surface area contributed by atoms with E-state index in [2.05, 4.69) is 57.8 Å². The van der Waals surface area contributed by atoms with Crippen LogP contribution >= 0.6 is 27.3 Å². The molecule has 3 heteroatoms. The number of halogens is 1. The topological polar surface area (TPSA) is 12.0 Å². The van der Waals surface area contributed by atoms with Crippen molar-refractivity contribution in [2.45, 2.75) is 25.2 Å². The van der Waals surface area contributed by atoms with Gasteiger partial charge in [-0.2, -0.15) is 0 Å². The minimum Gasteiger partial charge on any atom is -0.319 e. The molecule has 0 amide bonds. The molecule has 2 aromatic rings. The summed E-state index contributed by atoms with van der Waals surface area (Å²) in [7, 11) is 2.05. The van der Waals surface area contributed by atoms with Gasteiger partial charge in [-0.05, 0) is 67.1 Å². The van der Waals surface area contributed by atoms with Gasteiger partial charge < -0.3 is 5.32 Å². The Hall–Kier alpha value is -0.640. The smallest absolute Gasteiger partial charge is 0.0345 e. The fourth-order valence-corrected chi connectivity index (χ4v) is 3.90. The van der Waals surface area contributed by atoms with Gasteiger partial charge in [0.2, 0.25) is 0 Å². The summed E-state index contributed by atoms with van der Waals surface area (Å²) in [6.07, 6.45) is 2.65. The maximum Gasteiger partial charge on any atom is 0.0345 e. The number of hydrogen-bond donors (Lipinski definition) is 1. The highest BCUT2D eigenvalue weighted by atomic mass is 79.9. The third-order valence-corrected chi connectivity index (χ3v) is 5.89. The molecule has 1 aliphatic rings. The number of hydrogen-bond acceptors (Lipinski definition) is 2. The van der Waals surface area contributed by atoms with Crippen molar-refractivity contribution in [1.29, 1.82) is 0 Å². The summed E-state index contributed by atoms with van der Waals surface area (Å²) in [5.41, 5.74) is 4.57. The van der Waals surface area contributed by atoms with Gasteiger partial charge in [0.15, 0.2) is 0 Å². The zero-order valence-electron chi connectivity index (χ0n) is 11.3. The van der Waals surface area contributed by atoms with Crippen molar-refractivity contribution in [3.63, 3.8) is 0 Å². The van der Waals surface area contributed by atoms with E-state index in [9.17, 15) is 0 Å². The van der Waals surface area contributed by atoms with Crippen LogP contribution in [0.15, 0.2) is 34.1 Å². The first-order valence-electron chi connectivity index (χ1n) is 6.65. The first kappa shape index (κ1) is 13.3. The van der Waals surface area contributed by atoms with Crippen molar-refractivity contribution in [1.82, 2.24) is 5.32 Å². The average molecular weight is 336 g/mol. The third kappa shape index (κ3) is 2.51. The van der Waals surface area contributed by atoms with Gasteiger partial charge in [-0.15, -0.1) is 11.3 Å². The molecule has 1 N–H and O–H groups in total. The summed E-state index contributed by atoms with van der Waals surface area (Å²) in [6, 6.07) is 8.99. The van der Waals surface area contributed by atoms with E-state index in [4.69, 9.17) is 0 Å². The highest BCUT2D eigenvalue weighted by Crippen LogP contribution is 2.49. The Bertz CT molecular complexity index is 599. The third-order valence-electron chi connectivity index (χ3n) is 4.02. The Morgan fingerprint density at radius 1 is 1.32 bits per heavy atom. The van der Waals surface area contributed by atoms with Gasteiger partial charge in [-0.25, -0.2) is 0 Å². The Balaban J connectivity index is 1.91. The molecule has 0 atom stereocenters. The molecular formula is C16H18BrNS. The van der Waals surface area contributed by atoms with E-state index in [1.165, 1.54) is 38.9 Å². The molecule has 1 heterocycles. The molecule has 1 saturated carbocycles. The van der Waals surface area contributed by atoms with E-state index in [-0.39, 0.29) is 0 Å². The van der Waals surface area contributed by atoms with Crippen molar-refractivity contribution in [2.24, 2.45) is 0 Å². The standard InChI is InChI=1S/C16H18BrNS/c1-11-7-12(3-4-14(11)17)15-8-13(9-19-15)16(5-6-16)10-18-2/h3-4,7-9,18H,5-6,10H2,1-2H3. The zero-order valence-corrected chi connectivity index (χ0v) is 13.7. The van der Waals surface area contributed by atoms with Crippen LogP contribution in [-0.2, 0) is 5.41 Å². The number of rotatable bonds is 4. The number of aryl methyl sites for hydroxylation is 1. The average Bonchev–Trinajstić information content (AvgIpc) is 3.01. The molecule has 1 nitrogen and oxygen atoms in total. The van der Waals surface area contributed by atoms with Crippen molar-refractivity contribution < 1.29 is 0 Å². The molecule has 19 heavy (non-hydrogen) atoms. The molecule has 0 radical (unpaired) electrons. The molecular weight excluding hydrogens is 318 g/mol. The fraction of sp³-hybridized carbons (Fsp3) is 0.375. The monoisotopic (exact) mass is 335 g/mol. The van der Waals surface area contributed by atoms with E-state index in [1.54, 1.807) is 0 Å². The molecule has 1 fully saturated rings. The van der Waals surface area contributed by atoms with Crippen LogP contribution in [0.5, 0.6) is 0 Å². The highest BCUT2D eigenvalue weighted by Gasteiger charge is 2.44. The van der Waals surface area contributed by atoms with Gasteiger partial charge in [-0.3, -0.25) is 0 Å². The van der Waals surface area contributed by atoms with Crippen molar-refractivity contribution in [2.75, 3.05) is 13.6 Å². The highest BCUT2D eigenvalue weighted by molar-refractivity contribution is 9.10. The van der Waals surface area contributed by atoms with Crippen molar-refractivity contribution in [3.8, 4) is 10.4 Å². The maximum absolute atomic E-state index is 3.56. The molecule has 0 aliphatic heterocycles. The lowest BCUT2D eigenvalue weighted by atomic mass is 9.98. The number of thiophene rings is 1. The Kier molecular flexibility index (Phi) is 3.54. The number of nitrogens with one attached hydrogen (secondary N) is 1. The second-order valence-corrected chi connectivity index (χ2v) is 7.24. The minimum absolute atomic E-state index is 0.425. The lowest BCUT2D eigenvalue weighted by Crippen LogP contribution is -2.22. The second-order valence-electron chi connectivity index (χ2n) is 5.47. The summed E-state index contributed by atoms with van der Waals surface area (Å²) in [6.45, 7) is 3.24. The largest absolute Gasteiger partial charge is 0.319 e. The van der Waals surface area contributed by atoms with Crippen LogP contribution in [0.4, 0.5) is 0 Å². The minimum atomic E-state index is 0.425. The van der Waals surface area contributed by atoms with Crippen LogP contribution < -0.4 is 5.32 Å². The summed E-state index contributed by atoms with van der Waals surface area (Å²) < 4.78 is 1.18. The normalized spacial score (nSPS) is 16.6. The van der Waals surface area contributed by atoms with E-state index in [0.29, 0.717) is 5.41 Å². The first-order valence-corrected chi connectivity index (χ1v) is 8.32. The summed E-state index contributed by atoms with van der Waals surface area (Å²) >= 11 is 5.43. The second kappa shape index (κ2) is 5.04. The van der Waals surface area contributed by atoms with Crippen LogP contribution in [0.2, 0.25) is 0 Å². The van der Waals surface area contributed by atoms with Gasteiger partial charge in [0.05, 0.1) is 0 Å². The van der Waals surface area contributed by atoms with Crippen LogP contribution in [0.25, 0.3) is 10.4 Å². The predicted molar refractivity (Wildman–Crippen MR) is 87.0 cm³/mol. The predicted octanol–water partition coefficient (Wildman–Crippen LogP) is 4.74. The lowest BCUT2D eigenvalue weighted by Gasteiger charge is -2.12. The van der Waals surface area contributed by atoms with Crippen LogP contribution in [0.1, 0.15) is 24.0 Å². The van der Waals surface area contributed by atoms with Gasteiger partial charge in [-0.1, -0.05) is 22.0 Å². The van der Waals surface area contributed by atoms with Crippen molar-refractivity contribution >= 4 is 27.3 Å². The zero-order chi connectivity index (χ0) is 13.5. The molecule has 0 saturated heterocycles. The van der Waals surface area contributed by atoms with E-state index >= 15 is 0 Å². The van der Waals surface area contributed by atoms with Crippen LogP contribution in [0.3, 0.4) is 0 Å². The molecule has 100 valence electrons. The van der Waals surface area contributed by atoms with E-state index in [0.717, 1.165) is 6.54 Å². The lowest BCUT2D eigenvalue weighted by molar-refractivity contribution is 0.626. The molecule has 3 rings (SSSR count).